The number of fused-ring (bicyclic) bond motifs is 6. The molecular formula is C75H50N10S. The van der Waals surface area contributed by atoms with E-state index in [4.69, 9.17) is 8.75 Å². The summed E-state index contributed by atoms with van der Waals surface area (Å²) in [6.45, 7) is 0. The molecule has 0 aliphatic rings. The van der Waals surface area contributed by atoms with Gasteiger partial charge in [-0.1, -0.05) is 223 Å². The van der Waals surface area contributed by atoms with Gasteiger partial charge in [-0.15, -0.1) is 10.2 Å². The predicted molar refractivity (Wildman–Crippen MR) is 348 cm³/mol. The Morgan fingerprint density at radius 3 is 1.40 bits per heavy atom. The normalized spacial score (nSPS) is 11.7. The lowest BCUT2D eigenvalue weighted by Gasteiger charge is -2.37. The lowest BCUT2D eigenvalue weighted by Crippen LogP contribution is -2.30. The molecule has 11 heteroatoms. The molecule has 4 heterocycles. The zero-order chi connectivity index (χ0) is 57.0. The van der Waals surface area contributed by atoms with E-state index in [9.17, 15) is 0 Å². The lowest BCUT2D eigenvalue weighted by atomic mass is 9.65. The van der Waals surface area contributed by atoms with Crippen molar-refractivity contribution in [2.24, 2.45) is 0 Å². The van der Waals surface area contributed by atoms with Crippen LogP contribution in [0.2, 0.25) is 0 Å². The molecule has 0 fully saturated rings. The third-order valence-corrected chi connectivity index (χ3v) is 17.2. The van der Waals surface area contributed by atoms with Gasteiger partial charge in [0.25, 0.3) is 0 Å². The van der Waals surface area contributed by atoms with Crippen molar-refractivity contribution in [3.63, 3.8) is 0 Å². The van der Waals surface area contributed by atoms with E-state index in [1.54, 1.807) is 0 Å². The lowest BCUT2D eigenvalue weighted by molar-refractivity contribution is 0.745. The van der Waals surface area contributed by atoms with Crippen LogP contribution in [0.15, 0.2) is 304 Å². The molecule has 86 heavy (non-hydrogen) atoms. The summed E-state index contributed by atoms with van der Waals surface area (Å²) >= 11 is 1.22. The zero-order valence-electron chi connectivity index (χ0n) is 46.2. The first-order chi connectivity index (χ1) is 42.6. The van der Waals surface area contributed by atoms with Gasteiger partial charge in [0.1, 0.15) is 22.4 Å². The van der Waals surface area contributed by atoms with Crippen molar-refractivity contribution in [3.8, 4) is 50.7 Å². The molecule has 16 rings (SSSR count). The molecule has 0 bridgehead atoms. The van der Waals surface area contributed by atoms with Crippen LogP contribution >= 0.6 is 11.7 Å². The number of aromatic nitrogens is 9. The zero-order valence-corrected chi connectivity index (χ0v) is 47.1. The van der Waals surface area contributed by atoms with Gasteiger partial charge >= 0.3 is 0 Å². The van der Waals surface area contributed by atoms with Crippen LogP contribution in [0.25, 0.3) is 94.3 Å². The number of anilines is 3. The Kier molecular flexibility index (Phi) is 12.3. The Bertz CT molecular complexity index is 4860. The summed E-state index contributed by atoms with van der Waals surface area (Å²) in [5.41, 5.74) is 19.3. The molecule has 16 aromatic rings. The largest absolute Gasteiger partial charge is 0.309 e. The third-order valence-electron chi connectivity index (χ3n) is 16.6. The molecule has 12 aromatic carbocycles. The Balaban J connectivity index is 0.824. The van der Waals surface area contributed by atoms with E-state index in [2.05, 4.69) is 261 Å². The highest BCUT2D eigenvalue weighted by molar-refractivity contribution is 7.00. The van der Waals surface area contributed by atoms with Crippen LogP contribution in [0.4, 0.5) is 17.1 Å². The molecule has 0 N–H and O–H groups in total. The maximum atomic E-state index is 5.10. The minimum atomic E-state index is -0.582. The van der Waals surface area contributed by atoms with Gasteiger partial charge in [-0.05, 0) is 112 Å². The van der Waals surface area contributed by atoms with E-state index >= 15 is 0 Å². The van der Waals surface area contributed by atoms with Crippen molar-refractivity contribution in [2.75, 3.05) is 4.90 Å². The molecular weight excluding hydrogens is 1070 g/mol. The smallest absolute Gasteiger partial charge is 0.129 e. The van der Waals surface area contributed by atoms with Crippen molar-refractivity contribution in [1.29, 1.82) is 0 Å². The number of hydrogen-bond donors (Lipinski definition) is 0. The summed E-state index contributed by atoms with van der Waals surface area (Å²) < 4.78 is 16.3. The SMILES string of the molecule is c1ccc(-c2cn(-c3ccc(N(c4ccc(-n5cc(-c6ccccc6)nn5)cc4)c4ccc(-c5ccc6c7ccc8ccccc8c7n(-c7ccc(C(c8ccccc8)(c8ccccc8)c8ccccc8)cc7)c6c5)c5nsnc45)cc3)nn2)cc1. The van der Waals surface area contributed by atoms with E-state index in [-0.39, 0.29) is 0 Å². The fourth-order valence-corrected chi connectivity index (χ4v) is 13.2. The molecule has 0 aliphatic heterocycles. The molecule has 10 nitrogen and oxygen atoms in total. The summed E-state index contributed by atoms with van der Waals surface area (Å²) in [6.07, 6.45) is 3.92. The predicted octanol–water partition coefficient (Wildman–Crippen LogP) is 18.0. The topological polar surface area (TPSA) is 95.4 Å². The first kappa shape index (κ1) is 50.3. The fourth-order valence-electron chi connectivity index (χ4n) is 12.6. The van der Waals surface area contributed by atoms with Crippen molar-refractivity contribution < 1.29 is 0 Å². The monoisotopic (exact) mass is 1120 g/mol. The van der Waals surface area contributed by atoms with Crippen LogP contribution in [-0.2, 0) is 5.41 Å². The molecule has 0 radical (unpaired) electrons. The Hall–Kier alpha value is -11.4. The number of hydrogen-bond acceptors (Lipinski definition) is 8. The van der Waals surface area contributed by atoms with Gasteiger partial charge < -0.3 is 9.47 Å². The van der Waals surface area contributed by atoms with Gasteiger partial charge in [-0.25, -0.2) is 9.36 Å². The van der Waals surface area contributed by atoms with Crippen molar-refractivity contribution in [2.45, 2.75) is 5.41 Å². The van der Waals surface area contributed by atoms with Crippen LogP contribution in [0.3, 0.4) is 0 Å². The molecule has 0 unspecified atom stereocenters. The van der Waals surface area contributed by atoms with Crippen LogP contribution < -0.4 is 4.90 Å². The highest BCUT2D eigenvalue weighted by atomic mass is 32.1. The Labute approximate surface area is 499 Å². The minimum absolute atomic E-state index is 0.582. The average molecular weight is 1120 g/mol. The van der Waals surface area contributed by atoms with E-state index in [0.29, 0.717) is 0 Å². The second-order valence-corrected chi connectivity index (χ2v) is 22.0. The number of benzene rings is 12. The second-order valence-electron chi connectivity index (χ2n) is 21.4. The van der Waals surface area contributed by atoms with Crippen molar-refractivity contribution in [3.05, 3.63) is 326 Å². The van der Waals surface area contributed by atoms with Gasteiger partial charge in [0.05, 0.1) is 57.6 Å². The highest BCUT2D eigenvalue weighted by Crippen LogP contribution is 2.47. The van der Waals surface area contributed by atoms with Gasteiger partial charge in [0, 0.05) is 49.9 Å². The molecule has 4 aromatic heterocycles. The van der Waals surface area contributed by atoms with Gasteiger partial charge in [-0.2, -0.15) is 8.75 Å². The first-order valence-electron chi connectivity index (χ1n) is 28.6. The summed E-state index contributed by atoms with van der Waals surface area (Å²) in [7, 11) is 0. The second kappa shape index (κ2) is 21.1. The standard InChI is InChI=1S/C75H50N10S/c1-6-19-52(20-7-1)68-49-82(80-76-68)59-36-40-61(41-37-59)84(62-42-38-60(39-43-62)83-50-69(77-81-83)53-21-8-2-9-22-53)70-47-46-64(72-73(70)79-86-78-72)54-31-44-66-67-45-30-51-18-16-17-29-65(51)74(67)85(71(66)48-54)63-34-32-58(33-35-63)75(55-23-10-3-11-24-55,56-25-12-4-13-26-56)57-27-14-5-15-28-57/h1-50H. The van der Waals surface area contributed by atoms with Crippen LogP contribution in [-0.4, -0.2) is 43.3 Å². The molecule has 0 amide bonds. The highest BCUT2D eigenvalue weighted by Gasteiger charge is 2.38. The third kappa shape index (κ3) is 8.55. The molecule has 0 aliphatic carbocycles. The average Bonchev–Trinajstić information content (AvgIpc) is 1.59. The van der Waals surface area contributed by atoms with Crippen LogP contribution in [0.1, 0.15) is 22.3 Å². The summed E-state index contributed by atoms with van der Waals surface area (Å²) in [5.74, 6) is 0. The summed E-state index contributed by atoms with van der Waals surface area (Å²) in [4.78, 5) is 2.24. The van der Waals surface area contributed by atoms with Crippen molar-refractivity contribution in [1.82, 2.24) is 43.3 Å². The maximum absolute atomic E-state index is 5.10. The number of nitrogens with zero attached hydrogens (tertiary/aromatic N) is 10. The molecule has 0 spiro atoms. The molecule has 0 atom stereocenters. The van der Waals surface area contributed by atoms with Crippen molar-refractivity contribution >= 4 is 72.4 Å². The molecule has 0 saturated heterocycles. The quantitative estimate of drug-likeness (QED) is 0.106. The van der Waals surface area contributed by atoms with E-state index in [1.807, 2.05) is 82.4 Å². The number of rotatable bonds is 13. The van der Waals surface area contributed by atoms with Crippen LogP contribution in [0, 0.1) is 0 Å². The van der Waals surface area contributed by atoms with E-state index in [0.717, 1.165) is 95.2 Å². The Morgan fingerprint density at radius 2 is 0.837 bits per heavy atom. The molecule has 406 valence electrons. The van der Waals surface area contributed by atoms with E-state index < -0.39 is 5.41 Å². The first-order valence-corrected chi connectivity index (χ1v) is 29.3. The fraction of sp³-hybridized carbons (Fsp3) is 0.0133. The maximum Gasteiger partial charge on any atom is 0.129 e. The summed E-state index contributed by atoms with van der Waals surface area (Å²) in [6, 6.07) is 103. The minimum Gasteiger partial charge on any atom is -0.309 e. The van der Waals surface area contributed by atoms with Crippen LogP contribution in [0.5, 0.6) is 0 Å². The summed E-state index contributed by atoms with van der Waals surface area (Å²) in [5, 5.41) is 22.8. The Morgan fingerprint density at radius 1 is 0.360 bits per heavy atom. The van der Waals surface area contributed by atoms with Gasteiger partial charge in [0.2, 0.25) is 0 Å². The molecule has 0 saturated carbocycles. The van der Waals surface area contributed by atoms with Gasteiger partial charge in [-0.3, -0.25) is 0 Å². The van der Waals surface area contributed by atoms with Gasteiger partial charge in [0.15, 0.2) is 0 Å². The van der Waals surface area contributed by atoms with E-state index in [1.165, 1.54) is 50.1 Å².